The molecular formula is C13H15N3O2S. The Labute approximate surface area is 115 Å². The number of carbonyl (C=O) groups is 1. The number of rotatable bonds is 2. The number of likely N-dealkylation sites (tertiary alicyclic amines) is 1. The lowest BCUT2D eigenvalue weighted by Crippen LogP contribution is -2.37. The van der Waals surface area contributed by atoms with Gasteiger partial charge in [-0.2, -0.15) is 16.3 Å². The summed E-state index contributed by atoms with van der Waals surface area (Å²) in [6.45, 7) is 3.12. The summed E-state index contributed by atoms with van der Waals surface area (Å²) in [4.78, 5) is 17.7. The van der Waals surface area contributed by atoms with Crippen LogP contribution in [-0.2, 0) is 4.79 Å². The Balaban J connectivity index is 1.77. The first-order chi connectivity index (χ1) is 9.24. The summed E-state index contributed by atoms with van der Waals surface area (Å²) in [5, 5.41) is 8.01. The van der Waals surface area contributed by atoms with E-state index in [0.29, 0.717) is 18.3 Å². The molecule has 1 fully saturated rings. The monoisotopic (exact) mass is 277 g/mol. The molecule has 1 atom stereocenters. The molecule has 3 rings (SSSR count). The van der Waals surface area contributed by atoms with Gasteiger partial charge in [-0.3, -0.25) is 4.79 Å². The van der Waals surface area contributed by atoms with Crippen LogP contribution in [0.5, 0.6) is 0 Å². The summed E-state index contributed by atoms with van der Waals surface area (Å²) in [6.07, 6.45) is 1.98. The van der Waals surface area contributed by atoms with Gasteiger partial charge in [0.2, 0.25) is 17.6 Å². The van der Waals surface area contributed by atoms with Gasteiger partial charge in [-0.25, -0.2) is 0 Å². The topological polar surface area (TPSA) is 59.2 Å². The minimum Gasteiger partial charge on any atom is -0.342 e. The SMILES string of the molecule is CC(=O)N1CCC[C@H](c2nc(-c3ccsc3)no2)C1. The maximum Gasteiger partial charge on any atom is 0.231 e. The zero-order valence-corrected chi connectivity index (χ0v) is 11.5. The van der Waals surface area contributed by atoms with E-state index in [1.807, 2.05) is 21.7 Å². The highest BCUT2D eigenvalue weighted by Gasteiger charge is 2.27. The Hall–Kier alpha value is -1.69. The van der Waals surface area contributed by atoms with Crippen LogP contribution in [0.25, 0.3) is 11.4 Å². The van der Waals surface area contributed by atoms with Gasteiger partial charge in [0.25, 0.3) is 0 Å². The number of aromatic nitrogens is 2. The van der Waals surface area contributed by atoms with Crippen LogP contribution in [0.2, 0.25) is 0 Å². The zero-order valence-electron chi connectivity index (χ0n) is 10.7. The Morgan fingerprint density at radius 1 is 1.58 bits per heavy atom. The van der Waals surface area contributed by atoms with Crippen LogP contribution in [0.4, 0.5) is 0 Å². The van der Waals surface area contributed by atoms with Gasteiger partial charge >= 0.3 is 0 Å². The molecule has 1 aliphatic rings. The maximum absolute atomic E-state index is 11.4. The summed E-state index contributed by atoms with van der Waals surface area (Å²) < 4.78 is 5.36. The van der Waals surface area contributed by atoms with E-state index in [2.05, 4.69) is 10.1 Å². The molecule has 2 aromatic heterocycles. The fourth-order valence-electron chi connectivity index (χ4n) is 2.37. The second kappa shape index (κ2) is 5.13. The molecule has 1 amide bonds. The average molecular weight is 277 g/mol. The second-order valence-electron chi connectivity index (χ2n) is 4.77. The second-order valence-corrected chi connectivity index (χ2v) is 5.55. The van der Waals surface area contributed by atoms with Crippen LogP contribution in [0, 0.1) is 0 Å². The Bertz CT molecular complexity index is 564. The highest BCUT2D eigenvalue weighted by atomic mass is 32.1. The van der Waals surface area contributed by atoms with E-state index in [1.165, 1.54) is 0 Å². The van der Waals surface area contributed by atoms with Gasteiger partial charge in [-0.1, -0.05) is 5.16 Å². The predicted octanol–water partition coefficient (Wildman–Crippen LogP) is 2.52. The van der Waals surface area contributed by atoms with E-state index in [9.17, 15) is 4.79 Å². The van der Waals surface area contributed by atoms with E-state index >= 15 is 0 Å². The molecule has 6 heteroatoms. The third-order valence-electron chi connectivity index (χ3n) is 3.44. The first-order valence-corrected chi connectivity index (χ1v) is 7.30. The maximum atomic E-state index is 11.4. The lowest BCUT2D eigenvalue weighted by atomic mass is 9.98. The molecule has 0 radical (unpaired) electrons. The summed E-state index contributed by atoms with van der Waals surface area (Å²) in [6, 6.07) is 1.97. The Morgan fingerprint density at radius 3 is 3.21 bits per heavy atom. The molecule has 19 heavy (non-hydrogen) atoms. The molecule has 0 N–H and O–H groups in total. The lowest BCUT2D eigenvalue weighted by Gasteiger charge is -2.29. The minimum absolute atomic E-state index is 0.113. The molecule has 0 spiro atoms. The molecule has 2 aromatic rings. The van der Waals surface area contributed by atoms with Crippen LogP contribution in [0.15, 0.2) is 21.3 Å². The van der Waals surface area contributed by atoms with Gasteiger partial charge in [0, 0.05) is 31.0 Å². The van der Waals surface area contributed by atoms with E-state index in [4.69, 9.17) is 4.52 Å². The predicted molar refractivity (Wildman–Crippen MR) is 71.8 cm³/mol. The fraction of sp³-hybridized carbons (Fsp3) is 0.462. The van der Waals surface area contributed by atoms with Crippen molar-refractivity contribution in [3.63, 3.8) is 0 Å². The van der Waals surface area contributed by atoms with Gasteiger partial charge in [0.1, 0.15) is 0 Å². The van der Waals surface area contributed by atoms with Gasteiger partial charge in [-0.05, 0) is 24.3 Å². The number of amides is 1. The van der Waals surface area contributed by atoms with Gasteiger partial charge in [0.05, 0.1) is 5.92 Å². The number of hydrogen-bond donors (Lipinski definition) is 0. The van der Waals surface area contributed by atoms with Crippen LogP contribution in [0.1, 0.15) is 31.6 Å². The third-order valence-corrected chi connectivity index (χ3v) is 4.12. The fourth-order valence-corrected chi connectivity index (χ4v) is 3.01. The van der Waals surface area contributed by atoms with Crippen molar-refractivity contribution in [2.75, 3.05) is 13.1 Å². The van der Waals surface area contributed by atoms with Crippen LogP contribution in [0.3, 0.4) is 0 Å². The van der Waals surface area contributed by atoms with Gasteiger partial charge in [-0.15, -0.1) is 0 Å². The highest BCUT2D eigenvalue weighted by Crippen LogP contribution is 2.28. The van der Waals surface area contributed by atoms with Gasteiger partial charge < -0.3 is 9.42 Å². The molecule has 3 heterocycles. The molecule has 100 valence electrons. The molecule has 1 aliphatic heterocycles. The van der Waals surface area contributed by atoms with Crippen LogP contribution >= 0.6 is 11.3 Å². The number of hydrogen-bond acceptors (Lipinski definition) is 5. The first kappa shape index (κ1) is 12.3. The normalized spacial score (nSPS) is 19.6. The molecular weight excluding hydrogens is 262 g/mol. The average Bonchev–Trinajstić information content (AvgIpc) is 3.09. The van der Waals surface area contributed by atoms with Crippen molar-refractivity contribution in [3.8, 4) is 11.4 Å². The number of thiophene rings is 1. The summed E-state index contributed by atoms with van der Waals surface area (Å²) in [5.41, 5.74) is 0.985. The molecule has 0 aromatic carbocycles. The summed E-state index contributed by atoms with van der Waals surface area (Å²) in [7, 11) is 0. The molecule has 0 unspecified atom stereocenters. The standard InChI is InChI=1S/C13H15N3O2S/c1-9(17)16-5-2-3-10(7-16)13-14-12(15-18-13)11-4-6-19-8-11/h4,6,8,10H,2-3,5,7H2,1H3/t10-/m0/s1. The minimum atomic E-state index is 0.113. The number of carbonyl (C=O) groups excluding carboxylic acids is 1. The Morgan fingerprint density at radius 2 is 2.47 bits per heavy atom. The molecule has 0 saturated carbocycles. The van der Waals surface area contributed by atoms with Crippen LogP contribution < -0.4 is 0 Å². The molecule has 0 bridgehead atoms. The van der Waals surface area contributed by atoms with E-state index < -0.39 is 0 Å². The molecule has 5 nitrogen and oxygen atoms in total. The zero-order chi connectivity index (χ0) is 13.2. The van der Waals surface area contributed by atoms with Crippen molar-refractivity contribution in [1.82, 2.24) is 15.0 Å². The molecule has 0 aliphatic carbocycles. The van der Waals surface area contributed by atoms with Crippen molar-refractivity contribution in [2.24, 2.45) is 0 Å². The summed E-state index contributed by atoms with van der Waals surface area (Å²) >= 11 is 1.61. The number of nitrogens with zero attached hydrogens (tertiary/aromatic N) is 3. The highest BCUT2D eigenvalue weighted by molar-refractivity contribution is 7.08. The first-order valence-electron chi connectivity index (χ1n) is 6.35. The Kier molecular flexibility index (Phi) is 3.33. The van der Waals surface area contributed by atoms with Crippen LogP contribution in [-0.4, -0.2) is 34.0 Å². The van der Waals surface area contributed by atoms with E-state index in [0.717, 1.165) is 24.9 Å². The lowest BCUT2D eigenvalue weighted by molar-refractivity contribution is -0.130. The smallest absolute Gasteiger partial charge is 0.231 e. The van der Waals surface area contributed by atoms with E-state index in [1.54, 1.807) is 18.3 Å². The third kappa shape index (κ3) is 2.53. The van der Waals surface area contributed by atoms with Crippen molar-refractivity contribution in [3.05, 3.63) is 22.7 Å². The van der Waals surface area contributed by atoms with Crippen molar-refractivity contribution in [2.45, 2.75) is 25.7 Å². The summed E-state index contributed by atoms with van der Waals surface area (Å²) in [5.74, 6) is 1.56. The largest absolute Gasteiger partial charge is 0.342 e. The van der Waals surface area contributed by atoms with Gasteiger partial charge in [0.15, 0.2) is 0 Å². The van der Waals surface area contributed by atoms with Crippen molar-refractivity contribution in [1.29, 1.82) is 0 Å². The van der Waals surface area contributed by atoms with E-state index in [-0.39, 0.29) is 11.8 Å². The molecule has 1 saturated heterocycles. The number of piperidine rings is 1. The van der Waals surface area contributed by atoms with Crippen molar-refractivity contribution >= 4 is 17.2 Å². The quantitative estimate of drug-likeness (QED) is 0.846. The van der Waals surface area contributed by atoms with Crippen molar-refractivity contribution < 1.29 is 9.32 Å².